The van der Waals surface area contributed by atoms with Gasteiger partial charge in [0, 0.05) is 42.2 Å². The maximum atomic E-state index is 13.9. The molecular weight excluding hydrogens is 556 g/mol. The number of Topliss-reactive ketones (excluding diaryl/α,β-unsaturated/α-hetero) is 1. The minimum atomic E-state index is -0.762. The Hall–Kier alpha value is -4.05. The smallest absolute Gasteiger partial charge is 0.246 e. The van der Waals surface area contributed by atoms with Crippen LogP contribution in [0.25, 0.3) is 10.9 Å². The Bertz CT molecular complexity index is 1550. The monoisotopic (exact) mass is 600 g/mol. The Morgan fingerprint density at radius 2 is 1.86 bits per heavy atom. The molecule has 0 aliphatic carbocycles. The van der Waals surface area contributed by atoms with Gasteiger partial charge in [-0.25, -0.2) is 9.97 Å². The average Bonchev–Trinajstić information content (AvgIpc) is 3.52. The predicted octanol–water partition coefficient (Wildman–Crippen LogP) is 3.96. The van der Waals surface area contributed by atoms with Crippen LogP contribution in [0.1, 0.15) is 58.1 Å². The number of rotatable bonds is 9. The number of benzene rings is 2. The lowest BCUT2D eigenvalue weighted by Crippen LogP contribution is -2.58. The molecule has 0 radical (unpaired) electrons. The summed E-state index contributed by atoms with van der Waals surface area (Å²) in [7, 11) is 3.29. The summed E-state index contributed by atoms with van der Waals surface area (Å²) < 4.78 is 5.73. The minimum Gasteiger partial charge on any atom is -0.496 e. The molecule has 0 unspecified atom stereocenters. The number of carbonyl (C=O) groups is 3. The number of nitrogens with one attached hydrogen (secondary N) is 2. The fraction of sp³-hybridized carbons (Fsp3) is 0.500. The number of fused-ring (bicyclic) bond motifs is 2. The van der Waals surface area contributed by atoms with Crippen molar-refractivity contribution in [3.05, 3.63) is 53.9 Å². The number of ether oxygens (including phenoxy) is 1. The number of aromatic nitrogens is 2. The topological polar surface area (TPSA) is 117 Å². The third kappa shape index (κ3) is 6.26. The van der Waals surface area contributed by atoms with Crippen LogP contribution in [0.2, 0.25) is 0 Å². The van der Waals surface area contributed by atoms with Crippen LogP contribution in [-0.4, -0.2) is 77.8 Å². The number of anilines is 2. The normalized spacial score (nSPS) is 18.1. The number of carbonyl (C=O) groups excluding carboxylic acids is 3. The van der Waals surface area contributed by atoms with Crippen molar-refractivity contribution in [2.24, 2.45) is 5.41 Å². The number of methoxy groups -OCH3 is 1. The van der Waals surface area contributed by atoms with Crippen molar-refractivity contribution in [3.8, 4) is 5.75 Å². The average molecular weight is 601 g/mol. The van der Waals surface area contributed by atoms with Gasteiger partial charge in [0.1, 0.15) is 23.9 Å². The zero-order valence-corrected chi connectivity index (χ0v) is 26.6. The maximum absolute atomic E-state index is 13.9. The highest BCUT2D eigenvalue weighted by Crippen LogP contribution is 2.37. The van der Waals surface area contributed by atoms with Gasteiger partial charge in [0.15, 0.2) is 5.78 Å². The highest BCUT2D eigenvalue weighted by atomic mass is 16.5. The van der Waals surface area contributed by atoms with E-state index in [0.29, 0.717) is 18.7 Å². The molecule has 1 saturated heterocycles. The Balaban J connectivity index is 1.43. The molecule has 2 N–H and O–H groups in total. The highest BCUT2D eigenvalue weighted by molar-refractivity contribution is 5.97. The van der Waals surface area contributed by atoms with Crippen LogP contribution in [0.15, 0.2) is 42.7 Å². The second-order valence-corrected chi connectivity index (χ2v) is 12.9. The van der Waals surface area contributed by atoms with E-state index in [9.17, 15) is 14.4 Å². The van der Waals surface area contributed by atoms with Crippen molar-refractivity contribution < 1.29 is 19.1 Å². The van der Waals surface area contributed by atoms with Gasteiger partial charge in [-0.2, -0.15) is 0 Å². The molecule has 1 fully saturated rings. The van der Waals surface area contributed by atoms with Gasteiger partial charge in [0.05, 0.1) is 24.7 Å². The van der Waals surface area contributed by atoms with Crippen molar-refractivity contribution in [2.45, 2.75) is 77.9 Å². The quantitative estimate of drug-likeness (QED) is 0.379. The molecule has 2 amide bonds. The molecule has 0 spiro atoms. The summed E-state index contributed by atoms with van der Waals surface area (Å²) in [6.45, 7) is 8.83. The second-order valence-electron chi connectivity index (χ2n) is 12.9. The van der Waals surface area contributed by atoms with Gasteiger partial charge in [0.25, 0.3) is 0 Å². The summed E-state index contributed by atoms with van der Waals surface area (Å²) >= 11 is 0. The summed E-state index contributed by atoms with van der Waals surface area (Å²) in [6, 6.07) is 10.4. The van der Waals surface area contributed by atoms with Crippen LogP contribution in [0.5, 0.6) is 5.75 Å². The molecule has 44 heavy (non-hydrogen) atoms. The third-order valence-electron chi connectivity index (χ3n) is 8.88. The van der Waals surface area contributed by atoms with E-state index in [4.69, 9.17) is 9.72 Å². The molecule has 0 saturated carbocycles. The zero-order chi connectivity index (χ0) is 31.6. The highest BCUT2D eigenvalue weighted by Gasteiger charge is 2.42. The van der Waals surface area contributed by atoms with Crippen LogP contribution < -0.4 is 20.3 Å². The van der Waals surface area contributed by atoms with E-state index in [2.05, 4.69) is 38.7 Å². The van der Waals surface area contributed by atoms with Gasteiger partial charge in [-0.15, -0.1) is 0 Å². The molecule has 3 atom stereocenters. The van der Waals surface area contributed by atoms with Crippen molar-refractivity contribution in [2.75, 3.05) is 32.1 Å². The largest absolute Gasteiger partial charge is 0.496 e. The summed E-state index contributed by atoms with van der Waals surface area (Å²) in [5.74, 6) is 0.841. The van der Waals surface area contributed by atoms with Crippen LogP contribution in [0, 0.1) is 5.41 Å². The summed E-state index contributed by atoms with van der Waals surface area (Å²) in [4.78, 5) is 53.7. The summed E-state index contributed by atoms with van der Waals surface area (Å²) in [6.07, 6.45) is 5.01. The van der Waals surface area contributed by atoms with Crippen LogP contribution >= 0.6 is 0 Å². The fourth-order valence-electron chi connectivity index (χ4n) is 6.30. The molecule has 2 aliphatic rings. The van der Waals surface area contributed by atoms with E-state index < -0.39 is 23.5 Å². The van der Waals surface area contributed by atoms with E-state index in [1.165, 1.54) is 5.56 Å². The van der Waals surface area contributed by atoms with Gasteiger partial charge in [-0.3, -0.25) is 14.4 Å². The number of para-hydroxylation sites is 1. The molecule has 5 rings (SSSR count). The van der Waals surface area contributed by atoms with Crippen molar-refractivity contribution >= 4 is 40.0 Å². The lowest BCUT2D eigenvalue weighted by Gasteiger charge is -2.36. The number of hydrogen-bond donors (Lipinski definition) is 2. The Morgan fingerprint density at radius 1 is 1.09 bits per heavy atom. The maximum Gasteiger partial charge on any atom is 0.246 e. The molecule has 3 heterocycles. The first kappa shape index (κ1) is 31.4. The van der Waals surface area contributed by atoms with Crippen molar-refractivity contribution in [1.29, 1.82) is 0 Å². The lowest BCUT2D eigenvalue weighted by molar-refractivity contribution is -0.143. The lowest BCUT2D eigenvalue weighted by atomic mass is 9.85. The molecule has 2 aromatic carbocycles. The van der Waals surface area contributed by atoms with Gasteiger partial charge >= 0.3 is 0 Å². The van der Waals surface area contributed by atoms with Crippen LogP contribution in [0.3, 0.4) is 0 Å². The first-order valence-corrected chi connectivity index (χ1v) is 15.5. The number of hydrogen-bond acceptors (Lipinski definition) is 8. The molecule has 3 aromatic rings. The molecule has 0 bridgehead atoms. The van der Waals surface area contributed by atoms with Gasteiger partial charge in [0.2, 0.25) is 11.8 Å². The number of likely N-dealkylation sites (N-methyl/N-ethyl adjacent to an activating group) is 1. The van der Waals surface area contributed by atoms with E-state index in [-0.39, 0.29) is 24.0 Å². The van der Waals surface area contributed by atoms with Gasteiger partial charge in [-0.05, 0) is 62.8 Å². The number of amides is 2. The molecule has 1 aromatic heterocycles. The van der Waals surface area contributed by atoms with E-state index in [0.717, 1.165) is 53.8 Å². The number of aryl methyl sites for hydroxylation is 1. The Kier molecular flexibility index (Phi) is 9.20. The molecule has 234 valence electrons. The minimum absolute atomic E-state index is 0.0576. The van der Waals surface area contributed by atoms with Crippen LogP contribution in [0.4, 0.5) is 11.5 Å². The number of likely N-dealkylation sites (tertiary alicyclic amines) is 1. The summed E-state index contributed by atoms with van der Waals surface area (Å²) in [5, 5.41) is 6.70. The third-order valence-corrected chi connectivity index (χ3v) is 8.88. The second kappa shape index (κ2) is 12.9. The van der Waals surface area contributed by atoms with Gasteiger partial charge < -0.3 is 25.2 Å². The van der Waals surface area contributed by atoms with E-state index in [1.54, 1.807) is 32.3 Å². The molecule has 2 aliphatic heterocycles. The van der Waals surface area contributed by atoms with E-state index >= 15 is 0 Å². The standard InChI is InChI=1S/C34H44N6O4/c1-21(35-5)32(42)38-30(34(2,3)4)33(43)40-16-10-14-27(40)28(41)18-23-17-24-25(19-29(23)44-6)36-20-37-31(24)39-15-9-12-22-11-7-8-13-26(22)39/h7-8,11,13,17,19-21,27,30,35H,9-10,12,14-16,18H2,1-6H3,(H,38,42)/t21-,27-,30+/m0/s1. The first-order chi connectivity index (χ1) is 21.0. The SMILES string of the molecule is CN[C@@H](C)C(=O)N[C@H](C(=O)N1CCC[C@H]1C(=O)Cc1cc2c(N3CCCc4ccccc43)ncnc2cc1OC)C(C)(C)C. The summed E-state index contributed by atoms with van der Waals surface area (Å²) in [5.41, 5.74) is 3.35. The first-order valence-electron chi connectivity index (χ1n) is 15.5. The van der Waals surface area contributed by atoms with Crippen LogP contribution in [-0.2, 0) is 27.2 Å². The number of nitrogens with zero attached hydrogens (tertiary/aromatic N) is 4. The van der Waals surface area contributed by atoms with E-state index in [1.807, 2.05) is 39.0 Å². The Labute approximate surface area is 259 Å². The molecule has 10 nitrogen and oxygen atoms in total. The van der Waals surface area contributed by atoms with Crippen molar-refractivity contribution in [1.82, 2.24) is 25.5 Å². The molecular formula is C34H44N6O4. The zero-order valence-electron chi connectivity index (χ0n) is 26.6. The molecule has 10 heteroatoms. The fourth-order valence-corrected chi connectivity index (χ4v) is 6.30. The Morgan fingerprint density at radius 3 is 2.59 bits per heavy atom. The van der Waals surface area contributed by atoms with Crippen molar-refractivity contribution in [3.63, 3.8) is 0 Å². The predicted molar refractivity (Wildman–Crippen MR) is 171 cm³/mol. The van der Waals surface area contributed by atoms with Gasteiger partial charge in [-0.1, -0.05) is 39.0 Å². The number of ketones is 1.